The van der Waals surface area contributed by atoms with Crippen LogP contribution in [-0.4, -0.2) is 43.1 Å². The van der Waals surface area contributed by atoms with Crippen molar-refractivity contribution in [1.82, 2.24) is 0 Å². The van der Waals surface area contributed by atoms with E-state index in [2.05, 4.69) is 0 Å². The SMILES string of the molecule is CCCCC(=O)Oc1ccc(CC(N)(CCOC(=O)[C@@H](C)CC)C(=O)OC)cc1OC(=O)CCCC. The highest BCUT2D eigenvalue weighted by Crippen LogP contribution is 2.31. The molecule has 2 atom stereocenters. The van der Waals surface area contributed by atoms with Crippen molar-refractivity contribution in [1.29, 1.82) is 0 Å². The van der Waals surface area contributed by atoms with Crippen molar-refractivity contribution in [2.24, 2.45) is 11.7 Å². The molecule has 0 spiro atoms. The van der Waals surface area contributed by atoms with Crippen molar-refractivity contribution in [3.8, 4) is 11.5 Å². The van der Waals surface area contributed by atoms with Crippen LogP contribution in [0.4, 0.5) is 0 Å². The van der Waals surface area contributed by atoms with Gasteiger partial charge in [-0.05, 0) is 37.0 Å². The summed E-state index contributed by atoms with van der Waals surface area (Å²) in [6.45, 7) is 7.52. The van der Waals surface area contributed by atoms with Gasteiger partial charge >= 0.3 is 23.9 Å². The summed E-state index contributed by atoms with van der Waals surface area (Å²) in [5.41, 5.74) is 5.48. The van der Waals surface area contributed by atoms with Crippen molar-refractivity contribution in [3.63, 3.8) is 0 Å². The number of hydrogen-bond acceptors (Lipinski definition) is 9. The van der Waals surface area contributed by atoms with Gasteiger partial charge in [-0.1, -0.05) is 46.6 Å². The average Bonchev–Trinajstić information content (AvgIpc) is 2.86. The largest absolute Gasteiger partial charge is 0.468 e. The van der Waals surface area contributed by atoms with E-state index in [-0.39, 0.29) is 55.7 Å². The van der Waals surface area contributed by atoms with E-state index >= 15 is 0 Å². The van der Waals surface area contributed by atoms with Gasteiger partial charge in [0.05, 0.1) is 19.6 Å². The van der Waals surface area contributed by atoms with Gasteiger partial charge in [0.2, 0.25) is 0 Å². The van der Waals surface area contributed by atoms with Gasteiger partial charge < -0.3 is 24.7 Å². The number of carbonyl (C=O) groups is 4. The lowest BCUT2D eigenvalue weighted by atomic mass is 9.88. The number of rotatable bonds is 16. The Kier molecular flexibility index (Phi) is 13.8. The molecule has 0 amide bonds. The van der Waals surface area contributed by atoms with Crippen molar-refractivity contribution >= 4 is 23.9 Å². The zero-order valence-corrected chi connectivity index (χ0v) is 22.2. The molecule has 0 bridgehead atoms. The smallest absolute Gasteiger partial charge is 0.326 e. The maximum atomic E-state index is 12.6. The van der Waals surface area contributed by atoms with Crippen LogP contribution in [0.15, 0.2) is 18.2 Å². The van der Waals surface area contributed by atoms with Crippen LogP contribution in [0, 0.1) is 5.92 Å². The molecule has 0 heterocycles. The molecule has 2 N–H and O–H groups in total. The first-order valence-corrected chi connectivity index (χ1v) is 12.7. The van der Waals surface area contributed by atoms with E-state index in [0.29, 0.717) is 24.8 Å². The fourth-order valence-corrected chi connectivity index (χ4v) is 3.29. The number of ether oxygens (including phenoxy) is 4. The molecule has 0 radical (unpaired) electrons. The summed E-state index contributed by atoms with van der Waals surface area (Å²) in [5, 5.41) is 0. The summed E-state index contributed by atoms with van der Waals surface area (Å²) in [7, 11) is 1.23. The Balaban J connectivity index is 3.13. The standard InChI is InChI=1S/C27H41NO8/c1-6-9-11-23(29)35-21-14-13-20(17-22(21)36-24(30)12-10-7-2)18-27(28,26(32)33-5)15-16-34-25(31)19(4)8-3/h13-14,17,19H,6-12,15-16,18,28H2,1-5H3/t19-,27?/m0/s1. The lowest BCUT2D eigenvalue weighted by molar-refractivity contribution is -0.153. The Hall–Kier alpha value is -2.94. The molecule has 1 rings (SSSR count). The van der Waals surface area contributed by atoms with Gasteiger partial charge in [-0.15, -0.1) is 0 Å². The number of nitrogens with two attached hydrogens (primary N) is 1. The zero-order valence-electron chi connectivity index (χ0n) is 22.2. The minimum Gasteiger partial charge on any atom is -0.468 e. The van der Waals surface area contributed by atoms with Crippen LogP contribution < -0.4 is 15.2 Å². The van der Waals surface area contributed by atoms with Crippen LogP contribution in [-0.2, 0) is 35.1 Å². The summed E-state index contributed by atoms with van der Waals surface area (Å²) < 4.78 is 21.1. The zero-order chi connectivity index (χ0) is 27.1. The minimum atomic E-state index is -1.49. The molecule has 0 aliphatic carbocycles. The van der Waals surface area contributed by atoms with E-state index < -0.39 is 23.4 Å². The van der Waals surface area contributed by atoms with Crippen LogP contribution >= 0.6 is 0 Å². The molecule has 0 saturated carbocycles. The summed E-state index contributed by atoms with van der Waals surface area (Å²) in [6.07, 6.45) is 4.15. The van der Waals surface area contributed by atoms with Gasteiger partial charge in [-0.25, -0.2) is 0 Å². The van der Waals surface area contributed by atoms with Gasteiger partial charge in [0, 0.05) is 25.7 Å². The molecule has 9 heteroatoms. The third-order valence-electron chi connectivity index (χ3n) is 5.84. The van der Waals surface area contributed by atoms with E-state index in [4.69, 9.17) is 24.7 Å². The van der Waals surface area contributed by atoms with Gasteiger partial charge in [0.15, 0.2) is 11.5 Å². The van der Waals surface area contributed by atoms with E-state index in [1.807, 2.05) is 20.8 Å². The normalized spacial score (nSPS) is 13.3. The molecular formula is C27H41NO8. The fraction of sp³-hybridized carbons (Fsp3) is 0.630. The van der Waals surface area contributed by atoms with Gasteiger partial charge in [-0.3, -0.25) is 19.2 Å². The van der Waals surface area contributed by atoms with Crippen LogP contribution in [0.5, 0.6) is 11.5 Å². The Morgan fingerprint density at radius 3 is 2.06 bits per heavy atom. The van der Waals surface area contributed by atoms with Crippen molar-refractivity contribution < 1.29 is 38.1 Å². The van der Waals surface area contributed by atoms with Gasteiger partial charge in [0.25, 0.3) is 0 Å². The molecular weight excluding hydrogens is 466 g/mol. The molecule has 0 aromatic heterocycles. The summed E-state index contributed by atoms with van der Waals surface area (Å²) in [4.78, 5) is 49.0. The van der Waals surface area contributed by atoms with E-state index in [1.54, 1.807) is 13.0 Å². The highest BCUT2D eigenvalue weighted by Gasteiger charge is 2.36. The minimum absolute atomic E-state index is 0.0180. The summed E-state index contributed by atoms with van der Waals surface area (Å²) >= 11 is 0. The first-order valence-electron chi connectivity index (χ1n) is 12.7. The second kappa shape index (κ2) is 15.9. The third-order valence-corrected chi connectivity index (χ3v) is 5.84. The Morgan fingerprint density at radius 2 is 1.53 bits per heavy atom. The Labute approximate surface area is 214 Å². The molecule has 0 aliphatic heterocycles. The fourth-order valence-electron chi connectivity index (χ4n) is 3.29. The van der Waals surface area contributed by atoms with Crippen molar-refractivity contribution in [2.45, 2.75) is 91.0 Å². The van der Waals surface area contributed by atoms with Crippen LogP contribution in [0.3, 0.4) is 0 Å². The third kappa shape index (κ3) is 10.4. The Bertz CT molecular complexity index is 885. The van der Waals surface area contributed by atoms with Crippen molar-refractivity contribution in [3.05, 3.63) is 23.8 Å². The quantitative estimate of drug-likeness (QED) is 0.257. The molecule has 202 valence electrons. The van der Waals surface area contributed by atoms with Crippen LogP contribution in [0.25, 0.3) is 0 Å². The molecule has 0 saturated heterocycles. The van der Waals surface area contributed by atoms with E-state index in [9.17, 15) is 19.2 Å². The van der Waals surface area contributed by atoms with E-state index in [0.717, 1.165) is 12.8 Å². The first-order chi connectivity index (χ1) is 17.1. The van der Waals surface area contributed by atoms with Gasteiger partial charge in [-0.2, -0.15) is 0 Å². The van der Waals surface area contributed by atoms with Gasteiger partial charge in [0.1, 0.15) is 5.54 Å². The number of methoxy groups -OCH3 is 1. The molecule has 1 aromatic carbocycles. The predicted molar refractivity (Wildman–Crippen MR) is 134 cm³/mol. The van der Waals surface area contributed by atoms with Crippen LogP contribution in [0.1, 0.15) is 84.6 Å². The average molecular weight is 508 g/mol. The molecule has 36 heavy (non-hydrogen) atoms. The second-order valence-corrected chi connectivity index (χ2v) is 8.99. The number of carbonyl (C=O) groups excluding carboxylic acids is 4. The maximum Gasteiger partial charge on any atom is 0.326 e. The maximum absolute atomic E-state index is 12.6. The second-order valence-electron chi connectivity index (χ2n) is 8.99. The predicted octanol–water partition coefficient (Wildman–Crippen LogP) is 4.27. The first kappa shape index (κ1) is 31.1. The van der Waals surface area contributed by atoms with E-state index in [1.165, 1.54) is 19.2 Å². The molecule has 9 nitrogen and oxygen atoms in total. The Morgan fingerprint density at radius 1 is 0.944 bits per heavy atom. The number of hydrogen-bond donors (Lipinski definition) is 1. The molecule has 0 aliphatic rings. The molecule has 1 aromatic rings. The monoisotopic (exact) mass is 507 g/mol. The number of unbranched alkanes of at least 4 members (excludes halogenated alkanes) is 2. The number of esters is 4. The molecule has 1 unspecified atom stereocenters. The lowest BCUT2D eigenvalue weighted by Gasteiger charge is -2.27. The summed E-state index contributed by atoms with van der Waals surface area (Å²) in [6, 6.07) is 4.69. The number of benzene rings is 1. The highest BCUT2D eigenvalue weighted by atomic mass is 16.6. The van der Waals surface area contributed by atoms with Crippen molar-refractivity contribution in [2.75, 3.05) is 13.7 Å². The topological polar surface area (TPSA) is 131 Å². The highest BCUT2D eigenvalue weighted by molar-refractivity contribution is 5.81. The molecule has 0 fully saturated rings. The lowest BCUT2D eigenvalue weighted by Crippen LogP contribution is -2.51. The summed E-state index contributed by atoms with van der Waals surface area (Å²) in [5.74, 6) is -1.97. The van der Waals surface area contributed by atoms with Crippen LogP contribution in [0.2, 0.25) is 0 Å².